The number of hydrogen-bond acceptors (Lipinski definition) is 4. The number of benzene rings is 2. The molecule has 4 rings (SSSR count). The van der Waals surface area contributed by atoms with Crippen LogP contribution in [0.1, 0.15) is 73.7 Å². The molecule has 0 bridgehead atoms. The summed E-state index contributed by atoms with van der Waals surface area (Å²) in [6, 6.07) is 14.6. The average molecular weight is 439 g/mol. The number of anilines is 1. The molecule has 0 spiro atoms. The van der Waals surface area contributed by atoms with Crippen LogP contribution in [-0.4, -0.2) is 41.5 Å². The first kappa shape index (κ1) is 22.9. The highest BCUT2D eigenvalue weighted by atomic mass is 19.1. The van der Waals surface area contributed by atoms with Crippen LogP contribution in [0.25, 0.3) is 0 Å². The van der Waals surface area contributed by atoms with Crippen LogP contribution in [0.15, 0.2) is 48.5 Å². The highest BCUT2D eigenvalue weighted by molar-refractivity contribution is 5.95. The van der Waals surface area contributed by atoms with E-state index in [0.29, 0.717) is 30.9 Å². The predicted molar refractivity (Wildman–Crippen MR) is 126 cm³/mol. The van der Waals surface area contributed by atoms with Gasteiger partial charge >= 0.3 is 0 Å². The maximum Gasteiger partial charge on any atom is 0.162 e. The summed E-state index contributed by atoms with van der Waals surface area (Å²) in [7, 11) is 0. The molecule has 172 valence electrons. The maximum atomic E-state index is 13.0. The first-order chi connectivity index (χ1) is 15.5. The lowest BCUT2D eigenvalue weighted by Crippen LogP contribution is -2.43. The molecule has 2 aromatic rings. The molecule has 1 saturated carbocycles. The summed E-state index contributed by atoms with van der Waals surface area (Å²) < 4.78 is 13.0. The highest BCUT2D eigenvalue weighted by Gasteiger charge is 2.34. The molecule has 1 aliphatic heterocycles. The molecule has 0 aromatic heterocycles. The molecule has 2 N–H and O–H groups in total. The van der Waals surface area contributed by atoms with Crippen molar-refractivity contribution in [2.45, 2.75) is 69.4 Å². The van der Waals surface area contributed by atoms with E-state index in [1.807, 2.05) is 12.1 Å². The van der Waals surface area contributed by atoms with Gasteiger partial charge in [-0.25, -0.2) is 4.39 Å². The van der Waals surface area contributed by atoms with Crippen LogP contribution < -0.4 is 5.32 Å². The minimum absolute atomic E-state index is 0.0563. The standard InChI is InChI=1S/C27H35FN2O2/c28-23-13-11-21(12-14-23)26(31)10-5-17-30-18-15-27(32,16-19-30)22-6-4-9-25(20-22)29-24-7-2-1-3-8-24/h4,6,9,11-14,20,24,29,32H,1-3,5,7-8,10,15-19H2. The van der Waals surface area contributed by atoms with Crippen molar-refractivity contribution >= 4 is 11.5 Å². The van der Waals surface area contributed by atoms with E-state index in [2.05, 4.69) is 22.3 Å². The number of aliphatic hydroxyl groups is 1. The van der Waals surface area contributed by atoms with Gasteiger partial charge in [0.25, 0.3) is 0 Å². The summed E-state index contributed by atoms with van der Waals surface area (Å²) in [5.41, 5.74) is 1.90. The minimum atomic E-state index is -0.787. The van der Waals surface area contributed by atoms with Crippen molar-refractivity contribution in [3.05, 3.63) is 65.5 Å². The first-order valence-electron chi connectivity index (χ1n) is 12.1. The molecule has 2 aliphatic rings. The summed E-state index contributed by atoms with van der Waals surface area (Å²) in [4.78, 5) is 14.6. The van der Waals surface area contributed by atoms with E-state index < -0.39 is 5.60 Å². The zero-order chi connectivity index (χ0) is 22.4. The van der Waals surface area contributed by atoms with Gasteiger partial charge in [0.1, 0.15) is 5.82 Å². The quantitative estimate of drug-likeness (QED) is 0.533. The van der Waals surface area contributed by atoms with Crippen molar-refractivity contribution in [3.63, 3.8) is 0 Å². The Labute approximate surface area is 190 Å². The molecule has 1 heterocycles. The predicted octanol–water partition coefficient (Wildman–Crippen LogP) is 5.52. The third kappa shape index (κ3) is 5.96. The van der Waals surface area contributed by atoms with Crippen LogP contribution >= 0.6 is 0 Å². The molecule has 5 heteroatoms. The molecule has 1 saturated heterocycles. The monoisotopic (exact) mass is 438 g/mol. The van der Waals surface area contributed by atoms with E-state index in [-0.39, 0.29) is 11.6 Å². The Morgan fingerprint density at radius 1 is 1.06 bits per heavy atom. The fourth-order valence-corrected chi connectivity index (χ4v) is 5.06. The Bertz CT molecular complexity index is 885. The minimum Gasteiger partial charge on any atom is -0.385 e. The molecule has 0 radical (unpaired) electrons. The van der Waals surface area contributed by atoms with E-state index in [1.54, 1.807) is 12.1 Å². The number of hydrogen-bond donors (Lipinski definition) is 2. The number of ketones is 1. The lowest BCUT2D eigenvalue weighted by molar-refractivity contribution is -0.0260. The molecule has 2 aromatic carbocycles. The summed E-state index contributed by atoms with van der Waals surface area (Å²) in [5, 5.41) is 15.0. The number of Topliss-reactive ketones (excluding diaryl/α,β-unsaturated/α-hetero) is 1. The van der Waals surface area contributed by atoms with Gasteiger partial charge in [-0.2, -0.15) is 0 Å². The van der Waals surface area contributed by atoms with E-state index in [4.69, 9.17) is 0 Å². The SMILES string of the molecule is O=C(CCCN1CCC(O)(c2cccc(NC3CCCCC3)c2)CC1)c1ccc(F)cc1. The lowest BCUT2D eigenvalue weighted by Gasteiger charge is -2.39. The van der Waals surface area contributed by atoms with Crippen molar-refractivity contribution in [2.75, 3.05) is 25.0 Å². The van der Waals surface area contributed by atoms with E-state index in [9.17, 15) is 14.3 Å². The molecule has 0 unspecified atom stereocenters. The number of nitrogens with zero attached hydrogens (tertiary/aromatic N) is 1. The van der Waals surface area contributed by atoms with Gasteiger partial charge in [0.15, 0.2) is 5.78 Å². The van der Waals surface area contributed by atoms with Crippen LogP contribution in [0, 0.1) is 5.82 Å². The largest absolute Gasteiger partial charge is 0.385 e. The van der Waals surface area contributed by atoms with Gasteiger partial charge < -0.3 is 15.3 Å². The van der Waals surface area contributed by atoms with Crippen molar-refractivity contribution in [2.24, 2.45) is 0 Å². The van der Waals surface area contributed by atoms with Crippen molar-refractivity contribution in [3.8, 4) is 0 Å². The van der Waals surface area contributed by atoms with Gasteiger partial charge in [0.2, 0.25) is 0 Å². The summed E-state index contributed by atoms with van der Waals surface area (Å²) in [5.74, 6) is -0.265. The smallest absolute Gasteiger partial charge is 0.162 e. The molecule has 0 atom stereocenters. The Kier molecular flexibility index (Phi) is 7.59. The fraction of sp³-hybridized carbons (Fsp3) is 0.519. The highest BCUT2D eigenvalue weighted by Crippen LogP contribution is 2.34. The van der Waals surface area contributed by atoms with Gasteiger partial charge in [-0.3, -0.25) is 4.79 Å². The number of carbonyl (C=O) groups excluding carboxylic acids is 1. The van der Waals surface area contributed by atoms with E-state index in [0.717, 1.165) is 37.3 Å². The zero-order valence-corrected chi connectivity index (χ0v) is 18.9. The van der Waals surface area contributed by atoms with Crippen molar-refractivity contribution < 1.29 is 14.3 Å². The lowest BCUT2D eigenvalue weighted by atomic mass is 9.84. The van der Waals surface area contributed by atoms with Gasteiger partial charge in [-0.1, -0.05) is 31.4 Å². The second-order valence-corrected chi connectivity index (χ2v) is 9.47. The van der Waals surface area contributed by atoms with Gasteiger partial charge in [-0.05, 0) is 80.6 Å². The zero-order valence-electron chi connectivity index (χ0n) is 18.9. The van der Waals surface area contributed by atoms with Crippen molar-refractivity contribution in [1.29, 1.82) is 0 Å². The number of likely N-dealkylation sites (tertiary alicyclic amines) is 1. The number of rotatable bonds is 8. The summed E-state index contributed by atoms with van der Waals surface area (Å²) in [6.45, 7) is 2.48. The molecule has 1 aliphatic carbocycles. The third-order valence-electron chi connectivity index (χ3n) is 7.10. The Balaban J connectivity index is 1.25. The fourth-order valence-electron chi connectivity index (χ4n) is 5.06. The second kappa shape index (κ2) is 10.6. The molecular weight excluding hydrogens is 403 g/mol. The average Bonchev–Trinajstić information content (AvgIpc) is 2.82. The number of carbonyl (C=O) groups is 1. The molecule has 0 amide bonds. The van der Waals surface area contributed by atoms with Gasteiger partial charge in [0, 0.05) is 36.8 Å². The number of piperidine rings is 1. The number of halogens is 1. The van der Waals surface area contributed by atoms with Gasteiger partial charge in [0.05, 0.1) is 5.60 Å². The molecule has 4 nitrogen and oxygen atoms in total. The number of nitrogens with one attached hydrogen (secondary N) is 1. The second-order valence-electron chi connectivity index (χ2n) is 9.47. The van der Waals surface area contributed by atoms with Crippen LogP contribution in [0.5, 0.6) is 0 Å². The molecule has 2 fully saturated rings. The Hall–Kier alpha value is -2.24. The van der Waals surface area contributed by atoms with Crippen LogP contribution in [0.2, 0.25) is 0 Å². The van der Waals surface area contributed by atoms with Crippen molar-refractivity contribution in [1.82, 2.24) is 4.90 Å². The summed E-state index contributed by atoms with van der Waals surface area (Å²) in [6.07, 6.45) is 9.03. The molecule has 32 heavy (non-hydrogen) atoms. The Morgan fingerprint density at radius 2 is 1.78 bits per heavy atom. The van der Waals surface area contributed by atoms with E-state index >= 15 is 0 Å². The van der Waals surface area contributed by atoms with E-state index in [1.165, 1.54) is 44.2 Å². The Morgan fingerprint density at radius 3 is 2.50 bits per heavy atom. The normalized spacial score (nSPS) is 19.6. The molecular formula is C27H35FN2O2. The third-order valence-corrected chi connectivity index (χ3v) is 7.10. The van der Waals surface area contributed by atoms with Crippen LogP contribution in [0.4, 0.5) is 10.1 Å². The van der Waals surface area contributed by atoms with Gasteiger partial charge in [-0.15, -0.1) is 0 Å². The van der Waals surface area contributed by atoms with Crippen LogP contribution in [0.3, 0.4) is 0 Å². The maximum absolute atomic E-state index is 13.0. The topological polar surface area (TPSA) is 52.6 Å². The van der Waals surface area contributed by atoms with Crippen LogP contribution in [-0.2, 0) is 5.60 Å². The summed E-state index contributed by atoms with van der Waals surface area (Å²) >= 11 is 0. The first-order valence-corrected chi connectivity index (χ1v) is 12.1.